The molecule has 2 aromatic rings. The Morgan fingerprint density at radius 3 is 2.63 bits per heavy atom. The molecule has 100 valence electrons. The molecule has 0 saturated heterocycles. The molecule has 0 saturated carbocycles. The van der Waals surface area contributed by atoms with E-state index < -0.39 is 0 Å². The van der Waals surface area contributed by atoms with E-state index in [1.54, 1.807) is 29.6 Å². The van der Waals surface area contributed by atoms with Crippen molar-refractivity contribution in [1.82, 2.24) is 0 Å². The number of anilines is 2. The van der Waals surface area contributed by atoms with E-state index in [4.69, 9.17) is 15.2 Å². The van der Waals surface area contributed by atoms with E-state index in [-0.39, 0.29) is 5.91 Å². The molecule has 0 radical (unpaired) electrons. The zero-order valence-electron chi connectivity index (χ0n) is 10.6. The Morgan fingerprint density at radius 2 is 1.95 bits per heavy atom. The molecule has 1 aromatic carbocycles. The van der Waals surface area contributed by atoms with Crippen LogP contribution in [0.2, 0.25) is 0 Å². The van der Waals surface area contributed by atoms with Crippen molar-refractivity contribution >= 4 is 28.6 Å². The summed E-state index contributed by atoms with van der Waals surface area (Å²) in [4.78, 5) is 12.6. The third-order valence-electron chi connectivity index (χ3n) is 2.55. The Labute approximate surface area is 115 Å². The fourth-order valence-corrected chi connectivity index (χ4v) is 2.35. The van der Waals surface area contributed by atoms with Crippen molar-refractivity contribution in [2.75, 3.05) is 25.3 Å². The Bertz CT molecular complexity index is 595. The van der Waals surface area contributed by atoms with E-state index >= 15 is 0 Å². The lowest BCUT2D eigenvalue weighted by Gasteiger charge is -2.09. The minimum Gasteiger partial charge on any atom is -0.495 e. The molecular formula is C13H14N2O3S. The van der Waals surface area contributed by atoms with Crippen LogP contribution in [0.25, 0.3) is 0 Å². The smallest absolute Gasteiger partial charge is 0.269 e. The van der Waals surface area contributed by atoms with Gasteiger partial charge in [0.05, 0.1) is 19.9 Å². The van der Waals surface area contributed by atoms with Gasteiger partial charge >= 0.3 is 0 Å². The summed E-state index contributed by atoms with van der Waals surface area (Å²) < 4.78 is 10.2. The number of nitrogens with two attached hydrogens (primary N) is 1. The molecule has 1 heterocycles. The second-order valence-corrected chi connectivity index (χ2v) is 4.65. The Morgan fingerprint density at radius 1 is 1.21 bits per heavy atom. The lowest BCUT2D eigenvalue weighted by atomic mass is 10.2. The largest absolute Gasteiger partial charge is 0.495 e. The number of benzene rings is 1. The third kappa shape index (κ3) is 2.79. The monoisotopic (exact) mass is 278 g/mol. The normalized spacial score (nSPS) is 10.0. The lowest BCUT2D eigenvalue weighted by molar-refractivity contribution is 0.102. The SMILES string of the molecule is COc1cc(NC(=O)c2sccc2OC)ccc1N. The van der Waals surface area contributed by atoms with Crippen LogP contribution in [0.4, 0.5) is 11.4 Å². The lowest BCUT2D eigenvalue weighted by Crippen LogP contribution is -2.11. The molecule has 1 aromatic heterocycles. The van der Waals surface area contributed by atoms with E-state index in [2.05, 4.69) is 5.32 Å². The predicted octanol–water partition coefficient (Wildman–Crippen LogP) is 2.60. The number of hydrogen-bond acceptors (Lipinski definition) is 5. The highest BCUT2D eigenvalue weighted by Gasteiger charge is 2.14. The van der Waals surface area contributed by atoms with Crippen LogP contribution in [0.15, 0.2) is 29.6 Å². The number of amides is 1. The molecule has 5 nitrogen and oxygen atoms in total. The minimum absolute atomic E-state index is 0.223. The molecule has 0 unspecified atom stereocenters. The van der Waals surface area contributed by atoms with Gasteiger partial charge in [-0.3, -0.25) is 4.79 Å². The van der Waals surface area contributed by atoms with E-state index in [0.717, 1.165) is 0 Å². The summed E-state index contributed by atoms with van der Waals surface area (Å²) >= 11 is 1.32. The number of carbonyl (C=O) groups is 1. The van der Waals surface area contributed by atoms with Gasteiger partial charge in [-0.15, -0.1) is 11.3 Å². The Hall–Kier alpha value is -2.21. The van der Waals surface area contributed by atoms with Crippen LogP contribution in [0.5, 0.6) is 11.5 Å². The average Bonchev–Trinajstić information content (AvgIpc) is 2.89. The summed E-state index contributed by atoms with van der Waals surface area (Å²) in [7, 11) is 3.06. The predicted molar refractivity (Wildman–Crippen MR) is 76.2 cm³/mol. The molecule has 6 heteroatoms. The molecule has 3 N–H and O–H groups in total. The van der Waals surface area contributed by atoms with Gasteiger partial charge in [0.1, 0.15) is 16.4 Å². The van der Waals surface area contributed by atoms with E-state index in [9.17, 15) is 4.79 Å². The van der Waals surface area contributed by atoms with E-state index in [1.165, 1.54) is 25.6 Å². The van der Waals surface area contributed by atoms with Crippen LogP contribution in [0.1, 0.15) is 9.67 Å². The standard InChI is InChI=1S/C13H14N2O3S/c1-17-10-5-6-19-12(10)13(16)15-8-3-4-9(14)11(7-8)18-2/h3-7H,14H2,1-2H3,(H,15,16). The summed E-state index contributed by atoms with van der Waals surface area (Å²) in [6.07, 6.45) is 0. The Kier molecular flexibility index (Phi) is 3.91. The zero-order chi connectivity index (χ0) is 13.8. The number of nitrogen functional groups attached to an aromatic ring is 1. The summed E-state index contributed by atoms with van der Waals surface area (Å²) in [6, 6.07) is 6.83. The first-order chi connectivity index (χ1) is 9.15. The van der Waals surface area contributed by atoms with Gasteiger partial charge in [-0.05, 0) is 23.6 Å². The molecule has 0 aliphatic heterocycles. The van der Waals surface area contributed by atoms with Crippen molar-refractivity contribution in [3.05, 3.63) is 34.5 Å². The van der Waals surface area contributed by atoms with Crippen LogP contribution in [0.3, 0.4) is 0 Å². The molecule has 0 bridgehead atoms. The maximum Gasteiger partial charge on any atom is 0.269 e. The summed E-state index contributed by atoms with van der Waals surface area (Å²) in [5.41, 5.74) is 6.85. The molecular weight excluding hydrogens is 264 g/mol. The summed E-state index contributed by atoms with van der Waals surface area (Å²) in [5, 5.41) is 4.58. The fraction of sp³-hybridized carbons (Fsp3) is 0.154. The van der Waals surface area contributed by atoms with Gasteiger partial charge in [-0.2, -0.15) is 0 Å². The van der Waals surface area contributed by atoms with Crippen molar-refractivity contribution in [2.45, 2.75) is 0 Å². The van der Waals surface area contributed by atoms with Crippen molar-refractivity contribution in [3.8, 4) is 11.5 Å². The van der Waals surface area contributed by atoms with Crippen LogP contribution in [-0.2, 0) is 0 Å². The second-order valence-electron chi connectivity index (χ2n) is 3.73. The maximum atomic E-state index is 12.1. The van der Waals surface area contributed by atoms with Gasteiger partial charge in [0, 0.05) is 11.8 Å². The van der Waals surface area contributed by atoms with Gasteiger partial charge in [0.2, 0.25) is 0 Å². The first kappa shape index (κ1) is 13.2. The van der Waals surface area contributed by atoms with Gasteiger partial charge < -0.3 is 20.5 Å². The topological polar surface area (TPSA) is 73.6 Å². The maximum absolute atomic E-state index is 12.1. The van der Waals surface area contributed by atoms with Crippen molar-refractivity contribution in [3.63, 3.8) is 0 Å². The quantitative estimate of drug-likeness (QED) is 0.843. The molecule has 2 rings (SSSR count). The first-order valence-corrected chi connectivity index (χ1v) is 6.40. The number of methoxy groups -OCH3 is 2. The Balaban J connectivity index is 2.19. The average molecular weight is 278 g/mol. The van der Waals surface area contributed by atoms with E-state index in [1.807, 2.05) is 0 Å². The van der Waals surface area contributed by atoms with Crippen LogP contribution in [0, 0.1) is 0 Å². The third-order valence-corrected chi connectivity index (χ3v) is 3.44. The number of carbonyl (C=O) groups excluding carboxylic acids is 1. The van der Waals surface area contributed by atoms with Crippen molar-refractivity contribution < 1.29 is 14.3 Å². The molecule has 19 heavy (non-hydrogen) atoms. The summed E-state index contributed by atoms with van der Waals surface area (Å²) in [6.45, 7) is 0. The number of thiophene rings is 1. The van der Waals surface area contributed by atoms with Crippen LogP contribution in [-0.4, -0.2) is 20.1 Å². The van der Waals surface area contributed by atoms with Crippen LogP contribution >= 0.6 is 11.3 Å². The fourth-order valence-electron chi connectivity index (χ4n) is 1.60. The molecule has 0 fully saturated rings. The van der Waals surface area contributed by atoms with Gasteiger partial charge in [0.15, 0.2) is 0 Å². The van der Waals surface area contributed by atoms with Gasteiger partial charge in [-0.1, -0.05) is 0 Å². The van der Waals surface area contributed by atoms with Crippen molar-refractivity contribution in [2.24, 2.45) is 0 Å². The van der Waals surface area contributed by atoms with Crippen LogP contribution < -0.4 is 20.5 Å². The highest BCUT2D eigenvalue weighted by Crippen LogP contribution is 2.28. The summed E-state index contributed by atoms with van der Waals surface area (Å²) in [5.74, 6) is 0.861. The first-order valence-electron chi connectivity index (χ1n) is 5.52. The molecule has 1 amide bonds. The molecule has 0 atom stereocenters. The molecule has 0 spiro atoms. The molecule has 0 aliphatic carbocycles. The number of ether oxygens (including phenoxy) is 2. The van der Waals surface area contributed by atoms with Gasteiger partial charge in [-0.25, -0.2) is 0 Å². The van der Waals surface area contributed by atoms with E-state index in [0.29, 0.717) is 27.8 Å². The minimum atomic E-state index is -0.223. The highest BCUT2D eigenvalue weighted by atomic mass is 32.1. The number of hydrogen-bond donors (Lipinski definition) is 2. The second kappa shape index (κ2) is 5.62. The number of rotatable bonds is 4. The highest BCUT2D eigenvalue weighted by molar-refractivity contribution is 7.12. The van der Waals surface area contributed by atoms with Crippen molar-refractivity contribution in [1.29, 1.82) is 0 Å². The van der Waals surface area contributed by atoms with Gasteiger partial charge in [0.25, 0.3) is 5.91 Å². The number of nitrogens with one attached hydrogen (secondary N) is 1. The molecule has 0 aliphatic rings. The zero-order valence-corrected chi connectivity index (χ0v) is 11.4.